The minimum absolute atomic E-state index is 0.00316. The van der Waals surface area contributed by atoms with Gasteiger partial charge in [-0.2, -0.15) is 0 Å². The number of benzene rings is 2. The van der Waals surface area contributed by atoms with Crippen molar-refractivity contribution in [1.29, 1.82) is 0 Å². The molecule has 29 heavy (non-hydrogen) atoms. The first-order valence-electron chi connectivity index (χ1n) is 10.0. The van der Waals surface area contributed by atoms with E-state index in [4.69, 9.17) is 0 Å². The summed E-state index contributed by atoms with van der Waals surface area (Å²) in [6.07, 6.45) is 4.61. The maximum Gasteiger partial charge on any atom is 0.251 e. The lowest BCUT2D eigenvalue weighted by Gasteiger charge is -2.26. The molecule has 7 heteroatoms. The van der Waals surface area contributed by atoms with E-state index >= 15 is 0 Å². The Labute approximate surface area is 170 Å². The second-order valence-electron chi connectivity index (χ2n) is 7.55. The lowest BCUT2D eigenvalue weighted by atomic mass is 10.0. The van der Waals surface area contributed by atoms with E-state index in [-0.39, 0.29) is 38.2 Å². The first-order valence-corrected chi connectivity index (χ1v) is 11.5. The molecule has 2 aliphatic rings. The average molecular weight is 413 g/mol. The Morgan fingerprint density at radius 3 is 2.48 bits per heavy atom. The summed E-state index contributed by atoms with van der Waals surface area (Å²) in [5, 5.41) is 2.86. The van der Waals surface area contributed by atoms with Crippen LogP contribution < -0.4 is 5.32 Å². The summed E-state index contributed by atoms with van der Waals surface area (Å²) in [6.45, 7) is 3.71. The third kappa shape index (κ3) is 3.84. The van der Waals surface area contributed by atoms with Gasteiger partial charge in [-0.25, -0.2) is 8.42 Å². The van der Waals surface area contributed by atoms with Crippen LogP contribution in [0, 0.1) is 0 Å². The van der Waals surface area contributed by atoms with E-state index in [0.29, 0.717) is 6.54 Å². The highest BCUT2D eigenvalue weighted by molar-refractivity contribution is 7.91. The number of ketones is 1. The monoisotopic (exact) mass is 412 g/mol. The Hall–Kier alpha value is -2.51. The smallest absolute Gasteiger partial charge is 0.251 e. The van der Waals surface area contributed by atoms with Crippen molar-refractivity contribution in [2.75, 3.05) is 26.2 Å². The number of hydrogen-bond acceptors (Lipinski definition) is 5. The van der Waals surface area contributed by atoms with Gasteiger partial charge >= 0.3 is 0 Å². The predicted molar refractivity (Wildman–Crippen MR) is 109 cm³/mol. The van der Waals surface area contributed by atoms with Gasteiger partial charge in [0.05, 0.1) is 9.79 Å². The first kappa shape index (κ1) is 19.8. The highest BCUT2D eigenvalue weighted by Gasteiger charge is 2.34. The van der Waals surface area contributed by atoms with E-state index in [1.54, 1.807) is 12.1 Å². The summed E-state index contributed by atoms with van der Waals surface area (Å²) in [7, 11) is -3.84. The van der Waals surface area contributed by atoms with Crippen LogP contribution in [0.3, 0.4) is 0 Å². The Morgan fingerprint density at radius 1 is 0.966 bits per heavy atom. The van der Waals surface area contributed by atoms with Crippen molar-refractivity contribution in [3.05, 3.63) is 59.2 Å². The van der Waals surface area contributed by atoms with Gasteiger partial charge in [0.25, 0.3) is 5.91 Å². The van der Waals surface area contributed by atoms with E-state index in [0.717, 1.165) is 26.1 Å². The maximum atomic E-state index is 13.0. The fourth-order valence-electron chi connectivity index (χ4n) is 4.02. The van der Waals surface area contributed by atoms with Crippen molar-refractivity contribution in [3.63, 3.8) is 0 Å². The first-order chi connectivity index (χ1) is 14.0. The highest BCUT2D eigenvalue weighted by atomic mass is 32.2. The van der Waals surface area contributed by atoms with Crippen LogP contribution >= 0.6 is 0 Å². The SMILES string of the molecule is O=C(NCCCN1CCCCC1)c1ccc2c(c1)S(=O)(=O)c1ccccc1C2=O. The number of amides is 1. The summed E-state index contributed by atoms with van der Waals surface area (Å²) >= 11 is 0. The summed E-state index contributed by atoms with van der Waals surface area (Å²) < 4.78 is 25.9. The maximum absolute atomic E-state index is 13.0. The number of nitrogens with one attached hydrogen (secondary N) is 1. The van der Waals surface area contributed by atoms with Gasteiger partial charge in [-0.1, -0.05) is 18.6 Å². The van der Waals surface area contributed by atoms with Crippen LogP contribution in [0.1, 0.15) is 52.0 Å². The summed E-state index contributed by atoms with van der Waals surface area (Å²) in [5.74, 6) is -0.660. The molecule has 2 aromatic rings. The minimum atomic E-state index is -3.84. The van der Waals surface area contributed by atoms with Crippen molar-refractivity contribution in [3.8, 4) is 0 Å². The molecule has 1 saturated heterocycles. The van der Waals surface area contributed by atoms with Gasteiger partial charge in [-0.15, -0.1) is 0 Å². The number of carbonyl (C=O) groups is 2. The lowest BCUT2D eigenvalue weighted by Crippen LogP contribution is -2.33. The molecular weight excluding hydrogens is 388 g/mol. The zero-order chi connectivity index (χ0) is 20.4. The van der Waals surface area contributed by atoms with E-state index < -0.39 is 9.84 Å². The molecule has 4 rings (SSSR count). The largest absolute Gasteiger partial charge is 0.352 e. The number of fused-ring (bicyclic) bond motifs is 2. The number of nitrogens with zero attached hydrogens (tertiary/aromatic N) is 1. The van der Waals surface area contributed by atoms with Crippen LogP contribution in [-0.2, 0) is 9.84 Å². The quantitative estimate of drug-likeness (QED) is 0.652. The van der Waals surface area contributed by atoms with Gasteiger partial charge < -0.3 is 10.2 Å². The standard InChI is InChI=1S/C22H24N2O4S/c25-21-17-7-2-3-8-19(17)29(27,28)20-15-16(9-10-18(20)21)22(26)23-11-6-14-24-12-4-1-5-13-24/h2-3,7-10,15H,1,4-6,11-14H2,(H,23,26). The Balaban J connectivity index is 1.47. The van der Waals surface area contributed by atoms with Crippen LogP contribution in [0.4, 0.5) is 0 Å². The van der Waals surface area contributed by atoms with Gasteiger partial charge in [-0.05, 0) is 69.2 Å². The van der Waals surface area contributed by atoms with Gasteiger partial charge in [0.15, 0.2) is 5.78 Å². The zero-order valence-corrected chi connectivity index (χ0v) is 17.0. The molecule has 0 bridgehead atoms. The van der Waals surface area contributed by atoms with Crippen molar-refractivity contribution < 1.29 is 18.0 Å². The van der Waals surface area contributed by atoms with Gasteiger partial charge in [0.2, 0.25) is 9.84 Å². The summed E-state index contributed by atoms with van der Waals surface area (Å²) in [5.41, 5.74) is 0.540. The van der Waals surface area contributed by atoms with Crippen molar-refractivity contribution in [2.24, 2.45) is 0 Å². The zero-order valence-electron chi connectivity index (χ0n) is 16.2. The van der Waals surface area contributed by atoms with Crippen LogP contribution in [-0.4, -0.2) is 51.2 Å². The van der Waals surface area contributed by atoms with E-state index in [2.05, 4.69) is 10.2 Å². The molecule has 152 valence electrons. The Morgan fingerprint density at radius 2 is 1.69 bits per heavy atom. The second kappa shape index (κ2) is 8.08. The molecule has 0 radical (unpaired) electrons. The number of rotatable bonds is 5. The second-order valence-corrected chi connectivity index (χ2v) is 9.44. The van der Waals surface area contributed by atoms with Gasteiger partial charge in [0, 0.05) is 23.2 Å². The van der Waals surface area contributed by atoms with Crippen LogP contribution in [0.15, 0.2) is 52.3 Å². The topological polar surface area (TPSA) is 83.6 Å². The summed E-state index contributed by atoms with van der Waals surface area (Å²) in [4.78, 5) is 27.5. The number of likely N-dealkylation sites (tertiary alicyclic amines) is 1. The highest BCUT2D eigenvalue weighted by Crippen LogP contribution is 2.34. The van der Waals surface area contributed by atoms with Crippen LogP contribution in [0.2, 0.25) is 0 Å². The molecule has 0 unspecified atom stereocenters. The molecule has 2 aromatic carbocycles. The van der Waals surface area contributed by atoms with E-state index in [1.165, 1.54) is 49.6 Å². The van der Waals surface area contributed by atoms with Crippen LogP contribution in [0.5, 0.6) is 0 Å². The van der Waals surface area contributed by atoms with Gasteiger partial charge in [0.1, 0.15) is 0 Å². The number of hydrogen-bond donors (Lipinski definition) is 1. The van der Waals surface area contributed by atoms with Crippen molar-refractivity contribution in [2.45, 2.75) is 35.5 Å². The third-order valence-electron chi connectivity index (χ3n) is 5.58. The number of sulfone groups is 1. The Kier molecular flexibility index (Phi) is 5.52. The third-order valence-corrected chi connectivity index (χ3v) is 7.44. The number of piperidine rings is 1. The molecule has 2 heterocycles. The average Bonchev–Trinajstić information content (AvgIpc) is 2.75. The predicted octanol–water partition coefficient (Wildman–Crippen LogP) is 2.67. The lowest BCUT2D eigenvalue weighted by molar-refractivity contribution is 0.0949. The molecule has 0 saturated carbocycles. The number of carbonyl (C=O) groups excluding carboxylic acids is 2. The molecule has 6 nitrogen and oxygen atoms in total. The minimum Gasteiger partial charge on any atom is -0.352 e. The molecule has 2 aliphatic heterocycles. The van der Waals surface area contributed by atoms with E-state index in [1.807, 2.05) is 0 Å². The molecular formula is C22H24N2O4S. The van der Waals surface area contributed by atoms with Gasteiger partial charge in [-0.3, -0.25) is 9.59 Å². The molecule has 0 spiro atoms. The molecule has 1 amide bonds. The molecule has 0 aliphatic carbocycles. The van der Waals surface area contributed by atoms with Crippen LogP contribution in [0.25, 0.3) is 0 Å². The van der Waals surface area contributed by atoms with Crippen molar-refractivity contribution >= 4 is 21.5 Å². The molecule has 0 atom stereocenters. The summed E-state index contributed by atoms with van der Waals surface area (Å²) in [6, 6.07) is 10.4. The van der Waals surface area contributed by atoms with Crippen molar-refractivity contribution in [1.82, 2.24) is 10.2 Å². The molecule has 1 N–H and O–H groups in total. The van der Waals surface area contributed by atoms with E-state index in [9.17, 15) is 18.0 Å². The fraction of sp³-hybridized carbons (Fsp3) is 0.364. The molecule has 1 fully saturated rings. The Bertz CT molecular complexity index is 1060. The molecule has 0 aromatic heterocycles. The normalized spacial score (nSPS) is 18.0. The fourth-order valence-corrected chi connectivity index (χ4v) is 5.69.